The molecule has 0 unspecified atom stereocenters. The first-order valence-corrected chi connectivity index (χ1v) is 15.2. The van der Waals surface area contributed by atoms with Crippen LogP contribution in [0.15, 0.2) is 133 Å². The second kappa shape index (κ2) is 9.22. The van der Waals surface area contributed by atoms with Gasteiger partial charge in [-0.1, -0.05) is 121 Å². The van der Waals surface area contributed by atoms with Crippen LogP contribution in [0.4, 0.5) is 0 Å². The summed E-state index contributed by atoms with van der Waals surface area (Å²) in [7, 11) is 0. The molecular formula is C40H22N2S. The predicted octanol–water partition coefficient (Wildman–Crippen LogP) is 11.1. The molecule has 8 aromatic rings. The summed E-state index contributed by atoms with van der Waals surface area (Å²) in [6.45, 7) is 0. The minimum atomic E-state index is 0.497. The van der Waals surface area contributed by atoms with Crippen LogP contribution in [-0.2, 0) is 0 Å². The van der Waals surface area contributed by atoms with E-state index in [2.05, 4.69) is 138 Å². The molecule has 1 aliphatic carbocycles. The minimum Gasteiger partial charge on any atom is -0.226 e. The molecule has 0 N–H and O–H groups in total. The van der Waals surface area contributed by atoms with Crippen molar-refractivity contribution in [3.63, 3.8) is 0 Å². The monoisotopic (exact) mass is 562 g/mol. The number of aromatic nitrogens is 1. The number of thiazole rings is 1. The van der Waals surface area contributed by atoms with Crippen LogP contribution >= 0.6 is 11.3 Å². The van der Waals surface area contributed by atoms with Crippen molar-refractivity contribution in [3.05, 3.63) is 138 Å². The minimum absolute atomic E-state index is 0.497. The zero-order valence-electron chi connectivity index (χ0n) is 23.0. The van der Waals surface area contributed by atoms with Crippen molar-refractivity contribution in [1.82, 2.24) is 4.98 Å². The third-order valence-corrected chi connectivity index (χ3v) is 9.64. The average molecular weight is 563 g/mol. The highest BCUT2D eigenvalue weighted by Gasteiger charge is 2.31. The van der Waals surface area contributed by atoms with Crippen molar-refractivity contribution in [1.29, 1.82) is 5.26 Å². The van der Waals surface area contributed by atoms with Crippen molar-refractivity contribution < 1.29 is 0 Å². The van der Waals surface area contributed by atoms with Gasteiger partial charge >= 0.3 is 0 Å². The van der Waals surface area contributed by atoms with Crippen molar-refractivity contribution in [2.45, 2.75) is 0 Å². The van der Waals surface area contributed by atoms with Crippen LogP contribution in [0.1, 0.15) is 5.01 Å². The molecule has 7 aromatic carbocycles. The molecule has 1 aliphatic rings. The lowest BCUT2D eigenvalue weighted by Crippen LogP contribution is -1.93. The number of fused-ring (bicyclic) bond motifs is 5. The Morgan fingerprint density at radius 1 is 0.488 bits per heavy atom. The normalized spacial score (nSPS) is 11.7. The van der Waals surface area contributed by atoms with E-state index in [1.54, 1.807) is 0 Å². The first kappa shape index (κ1) is 24.1. The molecule has 1 heterocycles. The molecule has 0 radical (unpaired) electrons. The molecule has 3 heteroatoms. The summed E-state index contributed by atoms with van der Waals surface area (Å²) in [4.78, 5) is 4.45. The van der Waals surface area contributed by atoms with Gasteiger partial charge in [0.05, 0.1) is 10.2 Å². The Balaban J connectivity index is 1.42. The molecule has 0 saturated carbocycles. The van der Waals surface area contributed by atoms with Crippen molar-refractivity contribution >= 4 is 43.1 Å². The van der Waals surface area contributed by atoms with E-state index in [1.807, 2.05) is 6.07 Å². The molecule has 198 valence electrons. The van der Waals surface area contributed by atoms with Crippen LogP contribution in [0.3, 0.4) is 0 Å². The lowest BCUT2D eigenvalue weighted by Gasteiger charge is -2.20. The van der Waals surface area contributed by atoms with Crippen LogP contribution in [-0.4, -0.2) is 4.98 Å². The summed E-state index contributed by atoms with van der Waals surface area (Å²) >= 11 is 1.45. The number of rotatable bonds is 3. The zero-order valence-corrected chi connectivity index (χ0v) is 23.8. The Bertz CT molecular complexity index is 2360. The van der Waals surface area contributed by atoms with Gasteiger partial charge in [0.1, 0.15) is 6.07 Å². The Kier molecular flexibility index (Phi) is 5.17. The van der Waals surface area contributed by atoms with Crippen LogP contribution in [0.2, 0.25) is 0 Å². The second-order valence-corrected chi connectivity index (χ2v) is 12.0. The maximum Gasteiger partial charge on any atom is 0.195 e. The molecule has 0 bridgehead atoms. The quantitative estimate of drug-likeness (QED) is 0.215. The lowest BCUT2D eigenvalue weighted by molar-refractivity contribution is 1.40. The molecule has 0 amide bonds. The van der Waals surface area contributed by atoms with Crippen LogP contribution in [0.25, 0.3) is 87.4 Å². The summed E-state index contributed by atoms with van der Waals surface area (Å²) in [5, 5.41) is 15.0. The van der Waals surface area contributed by atoms with E-state index in [-0.39, 0.29) is 0 Å². The highest BCUT2D eigenvalue weighted by Crippen LogP contribution is 2.58. The highest BCUT2D eigenvalue weighted by molar-refractivity contribution is 7.19. The number of hydrogen-bond acceptors (Lipinski definition) is 3. The summed E-state index contributed by atoms with van der Waals surface area (Å²) < 4.78 is 1.03. The number of hydrogen-bond donors (Lipinski definition) is 0. The SMILES string of the molecule is N#Cc1nc2ccc(-c3ccc4c5c(cccc35)-c3c-4c(-c4ccccc4)c4ccccc4c3-c3ccccc3)cc2s1. The Hall–Kier alpha value is -5.56. The largest absolute Gasteiger partial charge is 0.226 e. The van der Waals surface area contributed by atoms with E-state index >= 15 is 0 Å². The standard InChI is InChI=1S/C40H22N2S/c41-23-35-42-33-21-18-26(22-34(33)43-35)27-19-20-32-38-28(27)16-9-17-31(38)39-36(24-10-3-1-4-11-24)29-14-7-8-15-30(29)37(40(32)39)25-12-5-2-6-13-25/h1-22H. The number of nitriles is 1. The topological polar surface area (TPSA) is 36.7 Å². The van der Waals surface area contributed by atoms with Gasteiger partial charge in [-0.25, -0.2) is 4.98 Å². The molecule has 0 atom stereocenters. The first-order valence-electron chi connectivity index (χ1n) is 14.4. The summed E-state index contributed by atoms with van der Waals surface area (Å²) in [6.07, 6.45) is 0. The van der Waals surface area contributed by atoms with Gasteiger partial charge < -0.3 is 0 Å². The van der Waals surface area contributed by atoms with E-state index < -0.39 is 0 Å². The van der Waals surface area contributed by atoms with Gasteiger partial charge in [-0.15, -0.1) is 11.3 Å². The summed E-state index contributed by atoms with van der Waals surface area (Å²) in [5.74, 6) is 0. The fraction of sp³-hybridized carbons (Fsp3) is 0. The van der Waals surface area contributed by atoms with E-state index in [1.165, 1.54) is 83.0 Å². The smallest absolute Gasteiger partial charge is 0.195 e. The Morgan fingerprint density at radius 2 is 1.07 bits per heavy atom. The van der Waals surface area contributed by atoms with Gasteiger partial charge in [0.15, 0.2) is 5.01 Å². The molecule has 0 aliphatic heterocycles. The Morgan fingerprint density at radius 3 is 1.72 bits per heavy atom. The second-order valence-electron chi connectivity index (χ2n) is 11.0. The molecular weight excluding hydrogens is 541 g/mol. The first-order chi connectivity index (χ1) is 21.3. The van der Waals surface area contributed by atoms with Crippen molar-refractivity contribution in [2.24, 2.45) is 0 Å². The van der Waals surface area contributed by atoms with Gasteiger partial charge in [0.2, 0.25) is 0 Å². The molecule has 9 rings (SSSR count). The lowest BCUT2D eigenvalue weighted by atomic mass is 9.82. The fourth-order valence-corrected chi connectivity index (χ4v) is 7.80. The maximum absolute atomic E-state index is 9.40. The highest BCUT2D eigenvalue weighted by atomic mass is 32.1. The Labute approximate surface area is 252 Å². The van der Waals surface area contributed by atoms with Crippen LogP contribution in [0.5, 0.6) is 0 Å². The predicted molar refractivity (Wildman–Crippen MR) is 180 cm³/mol. The summed E-state index contributed by atoms with van der Waals surface area (Å²) in [6, 6.07) is 50.4. The maximum atomic E-state index is 9.40. The third-order valence-electron chi connectivity index (χ3n) is 8.72. The van der Waals surface area contributed by atoms with E-state index in [0.29, 0.717) is 5.01 Å². The zero-order chi connectivity index (χ0) is 28.5. The number of nitrogens with zero attached hydrogens (tertiary/aromatic N) is 2. The van der Waals surface area contributed by atoms with E-state index in [0.717, 1.165) is 15.8 Å². The van der Waals surface area contributed by atoms with E-state index in [9.17, 15) is 5.26 Å². The molecule has 0 fully saturated rings. The van der Waals surface area contributed by atoms with Gasteiger partial charge in [0.25, 0.3) is 0 Å². The fourth-order valence-electron chi connectivity index (χ4n) is 7.00. The molecule has 0 saturated heterocycles. The van der Waals surface area contributed by atoms with Crippen LogP contribution in [0, 0.1) is 11.3 Å². The van der Waals surface area contributed by atoms with Crippen molar-refractivity contribution in [3.8, 4) is 61.7 Å². The van der Waals surface area contributed by atoms with E-state index in [4.69, 9.17) is 0 Å². The van der Waals surface area contributed by atoms with Gasteiger partial charge in [-0.3, -0.25) is 0 Å². The molecule has 43 heavy (non-hydrogen) atoms. The average Bonchev–Trinajstić information content (AvgIpc) is 3.64. The molecule has 1 aromatic heterocycles. The van der Waals surface area contributed by atoms with Crippen LogP contribution < -0.4 is 0 Å². The van der Waals surface area contributed by atoms with Gasteiger partial charge in [-0.05, 0) is 89.3 Å². The van der Waals surface area contributed by atoms with Gasteiger partial charge in [-0.2, -0.15) is 5.26 Å². The third kappa shape index (κ3) is 3.48. The summed E-state index contributed by atoms with van der Waals surface area (Å²) in [5.41, 5.74) is 13.4. The molecule has 0 spiro atoms. The van der Waals surface area contributed by atoms with Crippen molar-refractivity contribution in [2.75, 3.05) is 0 Å². The number of benzene rings is 7. The molecule has 2 nitrogen and oxygen atoms in total. The van der Waals surface area contributed by atoms with Gasteiger partial charge in [0, 0.05) is 0 Å².